The van der Waals surface area contributed by atoms with Crippen LogP contribution in [0.2, 0.25) is 10.0 Å². The highest BCUT2D eigenvalue weighted by atomic mass is 35.5. The molecule has 0 atom stereocenters. The Bertz CT molecular complexity index is 886. The second kappa shape index (κ2) is 6.82. The molecule has 2 aromatic rings. The van der Waals surface area contributed by atoms with E-state index in [1.54, 1.807) is 0 Å². The summed E-state index contributed by atoms with van der Waals surface area (Å²) in [6.45, 7) is 2.05. The Balaban J connectivity index is 1.73. The minimum Gasteiger partial charge on any atom is -0.505 e. The molecule has 0 radical (unpaired) electrons. The van der Waals surface area contributed by atoms with E-state index in [-0.39, 0.29) is 26.1 Å². The van der Waals surface area contributed by atoms with Crippen molar-refractivity contribution in [1.29, 1.82) is 0 Å². The monoisotopic (exact) mass is 398 g/mol. The summed E-state index contributed by atoms with van der Waals surface area (Å²) < 4.78 is 25.3. The fraction of sp³-hybridized carbons (Fsp3) is 0.368. The van der Waals surface area contributed by atoms with Crippen LogP contribution in [0.3, 0.4) is 0 Å². The molecule has 0 aromatic heterocycles. The van der Waals surface area contributed by atoms with E-state index in [4.69, 9.17) is 23.2 Å². The van der Waals surface area contributed by atoms with Gasteiger partial charge in [0.2, 0.25) is 0 Å². The van der Waals surface area contributed by atoms with E-state index in [9.17, 15) is 13.5 Å². The van der Waals surface area contributed by atoms with Gasteiger partial charge in [0.25, 0.3) is 0 Å². The van der Waals surface area contributed by atoms with E-state index in [1.807, 2.05) is 6.92 Å². The maximum atomic E-state index is 12.7. The van der Waals surface area contributed by atoms with E-state index < -0.39 is 15.6 Å². The van der Waals surface area contributed by atoms with E-state index in [0.717, 1.165) is 19.3 Å². The number of hydrogen-bond acceptors (Lipinski definition) is 3. The van der Waals surface area contributed by atoms with Gasteiger partial charge in [-0.2, -0.15) is 0 Å². The maximum Gasteiger partial charge on any atom is 0.182 e. The molecule has 2 aromatic carbocycles. The molecule has 3 rings (SSSR count). The Hall–Kier alpha value is -1.23. The summed E-state index contributed by atoms with van der Waals surface area (Å²) in [5.41, 5.74) is 2.49. The minimum absolute atomic E-state index is 0.0247. The molecule has 0 amide bonds. The molecule has 0 saturated heterocycles. The van der Waals surface area contributed by atoms with Crippen LogP contribution in [-0.4, -0.2) is 19.3 Å². The van der Waals surface area contributed by atoms with E-state index >= 15 is 0 Å². The molecular formula is C19H20Cl2O3S. The number of aromatic hydroxyl groups is 1. The first kappa shape index (κ1) is 18.6. The summed E-state index contributed by atoms with van der Waals surface area (Å²) in [5.74, 6) is -0.447. The summed E-state index contributed by atoms with van der Waals surface area (Å²) in [6.07, 6.45) is 3.50. The molecule has 0 spiro atoms. The predicted octanol–water partition coefficient (Wildman–Crippen LogP) is 5.19. The van der Waals surface area contributed by atoms with Crippen molar-refractivity contribution < 1.29 is 13.5 Å². The lowest BCUT2D eigenvalue weighted by molar-refractivity contribution is 0.456. The Morgan fingerprint density at radius 1 is 1.12 bits per heavy atom. The number of hydrogen-bond donors (Lipinski definition) is 1. The Morgan fingerprint density at radius 2 is 1.76 bits per heavy atom. The number of benzene rings is 2. The zero-order valence-corrected chi connectivity index (χ0v) is 16.3. The van der Waals surface area contributed by atoms with Gasteiger partial charge in [0, 0.05) is 5.02 Å². The fourth-order valence-corrected chi connectivity index (χ4v) is 5.32. The van der Waals surface area contributed by atoms with Gasteiger partial charge < -0.3 is 5.11 Å². The Labute approximate surface area is 158 Å². The molecule has 134 valence electrons. The summed E-state index contributed by atoms with van der Waals surface area (Å²) in [5, 5.41) is 10.1. The smallest absolute Gasteiger partial charge is 0.182 e. The van der Waals surface area contributed by atoms with Crippen molar-refractivity contribution in [2.24, 2.45) is 5.41 Å². The third-order valence-corrected chi connectivity index (χ3v) is 7.12. The van der Waals surface area contributed by atoms with Crippen molar-refractivity contribution in [2.75, 3.05) is 5.75 Å². The lowest BCUT2D eigenvalue weighted by atomic mass is 9.93. The quantitative estimate of drug-likeness (QED) is 0.727. The van der Waals surface area contributed by atoms with Crippen LogP contribution in [0.5, 0.6) is 5.75 Å². The summed E-state index contributed by atoms with van der Waals surface area (Å²) >= 11 is 11.7. The fourth-order valence-electron chi connectivity index (χ4n) is 3.07. The van der Waals surface area contributed by atoms with Crippen molar-refractivity contribution in [3.8, 4) is 5.75 Å². The molecule has 0 unspecified atom stereocenters. The van der Waals surface area contributed by atoms with Crippen molar-refractivity contribution in [3.63, 3.8) is 0 Å². The number of phenols is 1. The van der Waals surface area contributed by atoms with Crippen molar-refractivity contribution in [2.45, 2.75) is 37.5 Å². The second-order valence-electron chi connectivity index (χ2n) is 6.97. The molecule has 0 aliphatic heterocycles. The van der Waals surface area contributed by atoms with E-state index in [1.165, 1.54) is 23.3 Å². The molecule has 25 heavy (non-hydrogen) atoms. The Kier molecular flexibility index (Phi) is 5.06. The van der Waals surface area contributed by atoms with E-state index in [0.29, 0.717) is 6.42 Å². The second-order valence-corrected chi connectivity index (χ2v) is 9.89. The number of sulfone groups is 1. The molecule has 6 heteroatoms. The number of phenolic OH excluding ortho intramolecular Hbond substituents is 1. The van der Waals surface area contributed by atoms with Crippen LogP contribution < -0.4 is 0 Å². The summed E-state index contributed by atoms with van der Waals surface area (Å²) in [7, 11) is -3.65. The first-order valence-corrected chi connectivity index (χ1v) is 10.6. The molecular weight excluding hydrogens is 379 g/mol. The predicted molar refractivity (Wildman–Crippen MR) is 101 cm³/mol. The van der Waals surface area contributed by atoms with Gasteiger partial charge in [-0.25, -0.2) is 8.42 Å². The highest BCUT2D eigenvalue weighted by Gasteiger charge is 2.43. The Morgan fingerprint density at radius 3 is 2.36 bits per heavy atom. The minimum atomic E-state index is -3.65. The van der Waals surface area contributed by atoms with Crippen molar-refractivity contribution >= 4 is 33.0 Å². The van der Waals surface area contributed by atoms with Crippen LogP contribution in [0.15, 0.2) is 41.3 Å². The van der Waals surface area contributed by atoms with Gasteiger partial charge in [0.15, 0.2) is 15.6 Å². The molecule has 0 bridgehead atoms. The number of halogens is 2. The summed E-state index contributed by atoms with van der Waals surface area (Å²) in [4.78, 5) is -0.184. The van der Waals surface area contributed by atoms with Gasteiger partial charge in [-0.3, -0.25) is 0 Å². The van der Waals surface area contributed by atoms with Gasteiger partial charge in [0.05, 0.1) is 10.8 Å². The van der Waals surface area contributed by atoms with Crippen LogP contribution >= 0.6 is 23.2 Å². The first-order chi connectivity index (χ1) is 11.7. The topological polar surface area (TPSA) is 54.4 Å². The molecule has 1 N–H and O–H groups in total. The lowest BCUT2D eigenvalue weighted by Crippen LogP contribution is -2.14. The zero-order valence-electron chi connectivity index (χ0n) is 13.9. The molecule has 1 saturated carbocycles. The van der Waals surface area contributed by atoms with Crippen LogP contribution in [0, 0.1) is 12.3 Å². The first-order valence-electron chi connectivity index (χ1n) is 8.17. The molecule has 1 aliphatic carbocycles. The van der Waals surface area contributed by atoms with Crippen molar-refractivity contribution in [3.05, 3.63) is 57.6 Å². The van der Waals surface area contributed by atoms with Crippen LogP contribution in [0.4, 0.5) is 0 Å². The average Bonchev–Trinajstić information content (AvgIpc) is 3.31. The number of rotatable bonds is 6. The molecule has 1 aliphatic rings. The highest BCUT2D eigenvalue weighted by Crippen LogP contribution is 2.52. The lowest BCUT2D eigenvalue weighted by Gasteiger charge is -2.16. The van der Waals surface area contributed by atoms with Gasteiger partial charge in [0.1, 0.15) is 4.90 Å². The average molecular weight is 399 g/mol. The van der Waals surface area contributed by atoms with Crippen LogP contribution in [0.25, 0.3) is 0 Å². The van der Waals surface area contributed by atoms with Crippen molar-refractivity contribution in [1.82, 2.24) is 0 Å². The van der Waals surface area contributed by atoms with Gasteiger partial charge >= 0.3 is 0 Å². The number of aryl methyl sites for hydroxylation is 1. The SMILES string of the molecule is Cc1ccc(CC2(CCS(=O)(=O)c3cc(Cl)cc(Cl)c3O)CC2)cc1. The summed E-state index contributed by atoms with van der Waals surface area (Å²) in [6, 6.07) is 11.0. The zero-order chi connectivity index (χ0) is 18.2. The van der Waals surface area contributed by atoms with Gasteiger partial charge in [-0.05, 0) is 55.7 Å². The molecule has 1 fully saturated rings. The van der Waals surface area contributed by atoms with Gasteiger partial charge in [-0.1, -0.05) is 53.0 Å². The van der Waals surface area contributed by atoms with Crippen LogP contribution in [0.1, 0.15) is 30.4 Å². The maximum absolute atomic E-state index is 12.7. The van der Waals surface area contributed by atoms with E-state index in [2.05, 4.69) is 24.3 Å². The third-order valence-electron chi connectivity index (χ3n) is 4.89. The normalized spacial score (nSPS) is 16.0. The van der Waals surface area contributed by atoms with Gasteiger partial charge in [-0.15, -0.1) is 0 Å². The molecule has 3 nitrogen and oxygen atoms in total. The molecule has 0 heterocycles. The largest absolute Gasteiger partial charge is 0.505 e. The van der Waals surface area contributed by atoms with Crippen LogP contribution in [-0.2, 0) is 16.3 Å². The standard InChI is InChI=1S/C19H20Cl2O3S/c1-13-2-4-14(5-3-13)12-19(6-7-19)8-9-25(23,24)17-11-15(20)10-16(21)18(17)22/h2-5,10-11,22H,6-9,12H2,1H3. The highest BCUT2D eigenvalue weighted by molar-refractivity contribution is 7.91. The third kappa shape index (κ3) is 4.30.